The highest BCUT2D eigenvalue weighted by molar-refractivity contribution is 5.81. The third-order valence-corrected chi connectivity index (χ3v) is 2.01. The second kappa shape index (κ2) is 3.82. The molecule has 4 nitrogen and oxygen atoms in total. The maximum Gasteiger partial charge on any atom is 0.225 e. The standard InChI is InChI=1S/C10H17N3O/c1-10(2,3)9(14)12-7-8-11-5-6-13(8)4/h5-6H,7H2,1-4H3,(H,12,14). The van der Waals surface area contributed by atoms with Crippen molar-refractivity contribution in [1.82, 2.24) is 14.9 Å². The Labute approximate surface area is 84.3 Å². The summed E-state index contributed by atoms with van der Waals surface area (Å²) in [5.74, 6) is 0.906. The third kappa shape index (κ3) is 2.58. The molecule has 14 heavy (non-hydrogen) atoms. The smallest absolute Gasteiger partial charge is 0.225 e. The van der Waals surface area contributed by atoms with Gasteiger partial charge in [-0.1, -0.05) is 20.8 Å². The minimum absolute atomic E-state index is 0.0421. The number of nitrogens with one attached hydrogen (secondary N) is 1. The SMILES string of the molecule is Cn1ccnc1CNC(=O)C(C)(C)C. The van der Waals surface area contributed by atoms with Gasteiger partial charge >= 0.3 is 0 Å². The number of aromatic nitrogens is 2. The molecule has 1 N–H and O–H groups in total. The highest BCUT2D eigenvalue weighted by Gasteiger charge is 2.20. The summed E-state index contributed by atoms with van der Waals surface area (Å²) in [6.07, 6.45) is 3.58. The highest BCUT2D eigenvalue weighted by atomic mass is 16.2. The Hall–Kier alpha value is -1.32. The molecule has 0 aliphatic carbocycles. The molecule has 0 bridgehead atoms. The van der Waals surface area contributed by atoms with E-state index in [0.29, 0.717) is 6.54 Å². The normalized spacial score (nSPS) is 11.4. The number of rotatable bonds is 2. The van der Waals surface area contributed by atoms with Crippen molar-refractivity contribution in [3.63, 3.8) is 0 Å². The van der Waals surface area contributed by atoms with Crippen LogP contribution < -0.4 is 5.32 Å². The van der Waals surface area contributed by atoms with Crippen LogP contribution in [0.5, 0.6) is 0 Å². The molecule has 1 rings (SSSR count). The van der Waals surface area contributed by atoms with Crippen molar-refractivity contribution in [2.75, 3.05) is 0 Å². The van der Waals surface area contributed by atoms with E-state index in [1.165, 1.54) is 0 Å². The highest BCUT2D eigenvalue weighted by Crippen LogP contribution is 2.12. The van der Waals surface area contributed by atoms with E-state index in [9.17, 15) is 4.79 Å². The molecule has 1 aromatic rings. The number of carbonyl (C=O) groups excluding carboxylic acids is 1. The lowest BCUT2D eigenvalue weighted by Crippen LogP contribution is -2.34. The maximum absolute atomic E-state index is 11.5. The van der Waals surface area contributed by atoms with Crippen LogP contribution in [0.1, 0.15) is 26.6 Å². The molecular formula is C10H17N3O. The molecule has 0 radical (unpaired) electrons. The Morgan fingerprint density at radius 3 is 2.64 bits per heavy atom. The van der Waals surface area contributed by atoms with Gasteiger partial charge < -0.3 is 9.88 Å². The number of nitrogens with zero attached hydrogens (tertiary/aromatic N) is 2. The molecule has 4 heteroatoms. The molecule has 1 aromatic heterocycles. The summed E-state index contributed by atoms with van der Waals surface area (Å²) >= 11 is 0. The fraction of sp³-hybridized carbons (Fsp3) is 0.600. The lowest BCUT2D eigenvalue weighted by molar-refractivity contribution is -0.128. The van der Waals surface area contributed by atoms with Crippen molar-refractivity contribution >= 4 is 5.91 Å². The monoisotopic (exact) mass is 195 g/mol. The van der Waals surface area contributed by atoms with Crippen molar-refractivity contribution in [2.24, 2.45) is 12.5 Å². The Balaban J connectivity index is 2.50. The molecule has 0 fully saturated rings. The van der Waals surface area contributed by atoms with Gasteiger partial charge in [0.15, 0.2) is 0 Å². The predicted molar refractivity (Wildman–Crippen MR) is 54.5 cm³/mol. The molecule has 0 aromatic carbocycles. The van der Waals surface area contributed by atoms with Crippen LogP contribution in [0.3, 0.4) is 0 Å². The zero-order valence-corrected chi connectivity index (χ0v) is 9.16. The van der Waals surface area contributed by atoms with Gasteiger partial charge in [-0.2, -0.15) is 0 Å². The summed E-state index contributed by atoms with van der Waals surface area (Å²) in [5, 5.41) is 2.84. The number of carbonyl (C=O) groups is 1. The summed E-state index contributed by atoms with van der Waals surface area (Å²) in [7, 11) is 1.91. The molecule has 1 amide bonds. The minimum Gasteiger partial charge on any atom is -0.348 e. The summed E-state index contributed by atoms with van der Waals surface area (Å²) < 4.78 is 1.89. The molecule has 0 aliphatic heterocycles. The quantitative estimate of drug-likeness (QED) is 0.767. The van der Waals surface area contributed by atoms with Crippen LogP contribution in [0.4, 0.5) is 0 Å². The fourth-order valence-electron chi connectivity index (χ4n) is 0.991. The molecule has 0 saturated carbocycles. The molecule has 0 saturated heterocycles. The van der Waals surface area contributed by atoms with Gasteiger partial charge in [0.1, 0.15) is 5.82 Å². The van der Waals surface area contributed by atoms with Crippen molar-refractivity contribution in [1.29, 1.82) is 0 Å². The van der Waals surface area contributed by atoms with Gasteiger partial charge in [0.2, 0.25) is 5.91 Å². The van der Waals surface area contributed by atoms with Crippen LogP contribution in [-0.2, 0) is 18.4 Å². The van der Waals surface area contributed by atoms with Gasteiger partial charge in [-0.3, -0.25) is 4.79 Å². The Morgan fingerprint density at radius 2 is 2.21 bits per heavy atom. The zero-order chi connectivity index (χ0) is 10.8. The second-order valence-corrected chi connectivity index (χ2v) is 4.39. The van der Waals surface area contributed by atoms with Crippen molar-refractivity contribution in [3.05, 3.63) is 18.2 Å². The van der Waals surface area contributed by atoms with E-state index < -0.39 is 0 Å². The summed E-state index contributed by atoms with van der Waals surface area (Å²) in [6, 6.07) is 0. The summed E-state index contributed by atoms with van der Waals surface area (Å²) in [4.78, 5) is 15.6. The van der Waals surface area contributed by atoms with Gasteiger partial charge in [-0.25, -0.2) is 4.98 Å². The summed E-state index contributed by atoms with van der Waals surface area (Å²) in [5.41, 5.74) is -0.342. The van der Waals surface area contributed by atoms with Crippen molar-refractivity contribution < 1.29 is 4.79 Å². The first-order chi connectivity index (χ1) is 6.41. The Morgan fingerprint density at radius 1 is 1.57 bits per heavy atom. The predicted octanol–water partition coefficient (Wildman–Crippen LogP) is 1.08. The van der Waals surface area contributed by atoms with E-state index >= 15 is 0 Å². The van der Waals surface area contributed by atoms with Crippen LogP contribution >= 0.6 is 0 Å². The number of hydrogen-bond donors (Lipinski definition) is 1. The van der Waals surface area contributed by atoms with Crippen molar-refractivity contribution in [2.45, 2.75) is 27.3 Å². The topological polar surface area (TPSA) is 46.9 Å². The summed E-state index contributed by atoms with van der Waals surface area (Å²) in [6.45, 7) is 6.15. The van der Waals surface area contributed by atoms with E-state index in [1.54, 1.807) is 6.20 Å². The fourth-order valence-corrected chi connectivity index (χ4v) is 0.991. The van der Waals surface area contributed by atoms with Gasteiger partial charge in [-0.05, 0) is 0 Å². The lowest BCUT2D eigenvalue weighted by atomic mass is 9.96. The van der Waals surface area contributed by atoms with Crippen LogP contribution in [0, 0.1) is 5.41 Å². The van der Waals surface area contributed by atoms with Crippen molar-refractivity contribution in [3.8, 4) is 0 Å². The van der Waals surface area contributed by atoms with E-state index in [4.69, 9.17) is 0 Å². The number of aryl methyl sites for hydroxylation is 1. The van der Waals surface area contributed by atoms with E-state index in [-0.39, 0.29) is 11.3 Å². The molecule has 0 aliphatic rings. The average molecular weight is 195 g/mol. The average Bonchev–Trinajstić information content (AvgIpc) is 2.45. The number of hydrogen-bond acceptors (Lipinski definition) is 2. The molecule has 0 unspecified atom stereocenters. The number of amides is 1. The van der Waals surface area contributed by atoms with Gasteiger partial charge in [-0.15, -0.1) is 0 Å². The minimum atomic E-state index is -0.342. The van der Waals surface area contributed by atoms with Gasteiger partial charge in [0, 0.05) is 24.9 Å². The largest absolute Gasteiger partial charge is 0.348 e. The molecule has 78 valence electrons. The molecule has 1 heterocycles. The first-order valence-electron chi connectivity index (χ1n) is 4.66. The Kier molecular flexibility index (Phi) is 2.93. The number of imidazole rings is 1. The van der Waals surface area contributed by atoms with Gasteiger partial charge in [0.05, 0.1) is 6.54 Å². The van der Waals surface area contributed by atoms with E-state index in [1.807, 2.05) is 38.6 Å². The maximum atomic E-state index is 11.5. The second-order valence-electron chi connectivity index (χ2n) is 4.39. The Bertz CT molecular complexity index is 322. The van der Waals surface area contributed by atoms with Gasteiger partial charge in [0.25, 0.3) is 0 Å². The third-order valence-electron chi connectivity index (χ3n) is 2.01. The van der Waals surface area contributed by atoms with Crippen LogP contribution in [0.2, 0.25) is 0 Å². The van der Waals surface area contributed by atoms with Crippen LogP contribution in [0.25, 0.3) is 0 Å². The molecule has 0 atom stereocenters. The first-order valence-corrected chi connectivity index (χ1v) is 4.66. The van der Waals surface area contributed by atoms with Crippen LogP contribution in [-0.4, -0.2) is 15.5 Å². The van der Waals surface area contributed by atoms with E-state index in [2.05, 4.69) is 10.3 Å². The molecule has 0 spiro atoms. The lowest BCUT2D eigenvalue weighted by Gasteiger charge is -2.17. The first kappa shape index (κ1) is 10.8. The zero-order valence-electron chi connectivity index (χ0n) is 9.16. The molecular weight excluding hydrogens is 178 g/mol. The van der Waals surface area contributed by atoms with E-state index in [0.717, 1.165) is 5.82 Å². The van der Waals surface area contributed by atoms with Crippen LogP contribution in [0.15, 0.2) is 12.4 Å².